The molecule has 1 aliphatic rings. The Kier molecular flexibility index (Phi) is 11.9. The molecule has 148 valence electrons. The van der Waals surface area contributed by atoms with Crippen molar-refractivity contribution >= 4 is 29.9 Å². The molecule has 0 aromatic heterocycles. The van der Waals surface area contributed by atoms with Crippen LogP contribution in [-0.4, -0.2) is 57.2 Å². The second-order valence-corrected chi connectivity index (χ2v) is 6.71. The van der Waals surface area contributed by atoms with Gasteiger partial charge in [0.25, 0.3) is 0 Å². The van der Waals surface area contributed by atoms with Crippen molar-refractivity contribution < 1.29 is 4.74 Å². The summed E-state index contributed by atoms with van der Waals surface area (Å²) in [4.78, 5) is 6.82. The van der Waals surface area contributed by atoms with Crippen molar-refractivity contribution in [3.63, 3.8) is 0 Å². The Bertz CT molecular complexity index is 512. The summed E-state index contributed by atoms with van der Waals surface area (Å²) in [7, 11) is 1.83. The summed E-state index contributed by atoms with van der Waals surface area (Å²) in [6.45, 7) is 10.5. The average molecular weight is 474 g/mol. The molecule has 0 aliphatic carbocycles. The van der Waals surface area contributed by atoms with Crippen molar-refractivity contribution in [2.24, 2.45) is 10.9 Å². The molecule has 0 radical (unpaired) electrons. The molecule has 0 amide bonds. The highest BCUT2D eigenvalue weighted by Gasteiger charge is 2.20. The van der Waals surface area contributed by atoms with E-state index < -0.39 is 0 Å². The largest absolute Gasteiger partial charge is 0.374 e. The van der Waals surface area contributed by atoms with Crippen LogP contribution in [0.1, 0.15) is 38.4 Å². The first kappa shape index (κ1) is 23.2. The number of guanidine groups is 1. The van der Waals surface area contributed by atoms with Gasteiger partial charge in [-0.05, 0) is 44.3 Å². The number of rotatable bonds is 9. The smallest absolute Gasteiger partial charge is 0.190 e. The first-order chi connectivity index (χ1) is 12.2. The lowest BCUT2D eigenvalue weighted by Crippen LogP contribution is -2.40. The monoisotopic (exact) mass is 474 g/mol. The summed E-state index contributed by atoms with van der Waals surface area (Å²) in [6, 6.07) is 10.4. The van der Waals surface area contributed by atoms with E-state index >= 15 is 0 Å². The van der Waals surface area contributed by atoms with E-state index in [1.807, 2.05) is 13.1 Å². The van der Waals surface area contributed by atoms with Crippen LogP contribution in [0.4, 0.5) is 0 Å². The highest BCUT2D eigenvalue weighted by Crippen LogP contribution is 2.16. The van der Waals surface area contributed by atoms with Gasteiger partial charge in [0.1, 0.15) is 0 Å². The number of hydrogen-bond donors (Lipinski definition) is 2. The fourth-order valence-electron chi connectivity index (χ4n) is 3.19. The van der Waals surface area contributed by atoms with Crippen molar-refractivity contribution in [2.45, 2.75) is 32.8 Å². The minimum atomic E-state index is 0. The van der Waals surface area contributed by atoms with E-state index in [9.17, 15) is 0 Å². The van der Waals surface area contributed by atoms with Gasteiger partial charge in [-0.25, -0.2) is 0 Å². The molecule has 0 saturated carbocycles. The molecular formula is C20H35IN4O. The van der Waals surface area contributed by atoms with Crippen LogP contribution in [0.5, 0.6) is 0 Å². The zero-order valence-corrected chi connectivity index (χ0v) is 18.7. The summed E-state index contributed by atoms with van der Waals surface area (Å²) in [6.07, 6.45) is 2.39. The van der Waals surface area contributed by atoms with Gasteiger partial charge in [-0.3, -0.25) is 4.99 Å². The zero-order chi connectivity index (χ0) is 17.9. The molecule has 0 bridgehead atoms. The number of benzene rings is 1. The predicted molar refractivity (Wildman–Crippen MR) is 120 cm³/mol. The number of nitrogens with zero attached hydrogens (tertiary/aromatic N) is 2. The molecule has 2 rings (SSSR count). The highest BCUT2D eigenvalue weighted by atomic mass is 127. The van der Waals surface area contributed by atoms with Gasteiger partial charge in [-0.1, -0.05) is 37.3 Å². The maximum Gasteiger partial charge on any atom is 0.190 e. The third-order valence-corrected chi connectivity index (χ3v) is 4.85. The number of ether oxygens (including phenoxy) is 1. The molecule has 1 saturated heterocycles. The normalized spacial score (nSPS) is 19.0. The van der Waals surface area contributed by atoms with E-state index in [2.05, 4.69) is 58.6 Å². The summed E-state index contributed by atoms with van der Waals surface area (Å²) in [5, 5.41) is 6.83. The Hall–Kier alpha value is -0.860. The summed E-state index contributed by atoms with van der Waals surface area (Å²) >= 11 is 0. The quantitative estimate of drug-likeness (QED) is 0.250. The van der Waals surface area contributed by atoms with Gasteiger partial charge in [0.15, 0.2) is 5.96 Å². The molecule has 2 N–H and O–H groups in total. The lowest BCUT2D eigenvalue weighted by molar-refractivity contribution is 0.0646. The van der Waals surface area contributed by atoms with E-state index in [-0.39, 0.29) is 30.1 Å². The standard InChI is InChI=1S/C20H34N4O.HI/c1-4-24-13-11-18(16-24)15-23-20(21-3)22-12-8-14-25-17(2)19-9-6-5-7-10-19;/h5-7,9-10,17-18H,4,8,11-16H2,1-3H3,(H2,21,22,23);1H. The Labute approximate surface area is 176 Å². The van der Waals surface area contributed by atoms with Crippen LogP contribution in [0.15, 0.2) is 35.3 Å². The van der Waals surface area contributed by atoms with Crippen molar-refractivity contribution in [3.8, 4) is 0 Å². The molecule has 1 heterocycles. The summed E-state index contributed by atoms with van der Waals surface area (Å²) < 4.78 is 5.90. The molecule has 5 nitrogen and oxygen atoms in total. The van der Waals surface area contributed by atoms with Crippen LogP contribution in [0.25, 0.3) is 0 Å². The second-order valence-electron chi connectivity index (χ2n) is 6.71. The number of likely N-dealkylation sites (tertiary alicyclic amines) is 1. The van der Waals surface area contributed by atoms with E-state index in [1.54, 1.807) is 0 Å². The van der Waals surface area contributed by atoms with Gasteiger partial charge >= 0.3 is 0 Å². The van der Waals surface area contributed by atoms with Gasteiger partial charge < -0.3 is 20.3 Å². The fourth-order valence-corrected chi connectivity index (χ4v) is 3.19. The molecule has 1 aliphatic heterocycles. The van der Waals surface area contributed by atoms with Gasteiger partial charge in [0, 0.05) is 33.3 Å². The van der Waals surface area contributed by atoms with Crippen molar-refractivity contribution in [1.29, 1.82) is 0 Å². The fraction of sp³-hybridized carbons (Fsp3) is 0.650. The molecule has 0 spiro atoms. The number of hydrogen-bond acceptors (Lipinski definition) is 3. The van der Waals surface area contributed by atoms with Crippen molar-refractivity contribution in [2.75, 3.05) is 46.4 Å². The Morgan fingerprint density at radius 1 is 1.31 bits per heavy atom. The summed E-state index contributed by atoms with van der Waals surface area (Å²) in [5.41, 5.74) is 1.23. The predicted octanol–water partition coefficient (Wildman–Crippen LogP) is 3.28. The van der Waals surface area contributed by atoms with Crippen LogP contribution >= 0.6 is 24.0 Å². The molecule has 1 aromatic rings. The molecule has 2 atom stereocenters. The zero-order valence-electron chi connectivity index (χ0n) is 16.4. The Morgan fingerprint density at radius 3 is 2.73 bits per heavy atom. The van der Waals surface area contributed by atoms with Crippen molar-refractivity contribution in [3.05, 3.63) is 35.9 Å². The lowest BCUT2D eigenvalue weighted by Gasteiger charge is -2.17. The summed E-state index contributed by atoms with van der Waals surface area (Å²) in [5.74, 6) is 1.62. The van der Waals surface area contributed by atoms with Crippen LogP contribution in [0.2, 0.25) is 0 Å². The molecule has 26 heavy (non-hydrogen) atoms. The Balaban J connectivity index is 0.00000338. The maximum absolute atomic E-state index is 5.90. The van der Waals surface area contributed by atoms with Crippen LogP contribution < -0.4 is 10.6 Å². The minimum Gasteiger partial charge on any atom is -0.374 e. The van der Waals surface area contributed by atoms with Gasteiger partial charge in [0.05, 0.1) is 6.10 Å². The topological polar surface area (TPSA) is 48.9 Å². The second kappa shape index (κ2) is 13.3. The molecular weight excluding hydrogens is 439 g/mol. The average Bonchev–Trinajstić information content (AvgIpc) is 3.12. The number of halogens is 1. The number of nitrogens with one attached hydrogen (secondary N) is 2. The molecule has 1 aromatic carbocycles. The van der Waals surface area contributed by atoms with Crippen molar-refractivity contribution in [1.82, 2.24) is 15.5 Å². The SMILES string of the molecule is CCN1CCC(CNC(=NC)NCCCOC(C)c2ccccc2)C1.I. The first-order valence-corrected chi connectivity index (χ1v) is 9.56. The van der Waals surface area contributed by atoms with Gasteiger partial charge in [-0.2, -0.15) is 0 Å². The van der Waals surface area contributed by atoms with E-state index in [0.717, 1.165) is 44.5 Å². The van der Waals surface area contributed by atoms with E-state index in [1.165, 1.54) is 25.1 Å². The van der Waals surface area contributed by atoms with Gasteiger partial charge in [0.2, 0.25) is 0 Å². The van der Waals surface area contributed by atoms with E-state index in [0.29, 0.717) is 0 Å². The van der Waals surface area contributed by atoms with Crippen LogP contribution in [0, 0.1) is 5.92 Å². The molecule has 6 heteroatoms. The third kappa shape index (κ3) is 8.22. The number of aliphatic imine (C=N–C) groups is 1. The Morgan fingerprint density at radius 2 is 2.08 bits per heavy atom. The lowest BCUT2D eigenvalue weighted by atomic mass is 10.1. The van der Waals surface area contributed by atoms with E-state index in [4.69, 9.17) is 4.74 Å². The van der Waals surface area contributed by atoms with Crippen LogP contribution in [-0.2, 0) is 4.74 Å². The molecule has 1 fully saturated rings. The molecule has 2 unspecified atom stereocenters. The minimum absolute atomic E-state index is 0. The highest BCUT2D eigenvalue weighted by molar-refractivity contribution is 14.0. The maximum atomic E-state index is 5.90. The third-order valence-electron chi connectivity index (χ3n) is 4.85. The first-order valence-electron chi connectivity index (χ1n) is 9.56. The van der Waals surface area contributed by atoms with Gasteiger partial charge in [-0.15, -0.1) is 24.0 Å². The van der Waals surface area contributed by atoms with Crippen LogP contribution in [0.3, 0.4) is 0 Å².